The highest BCUT2D eigenvalue weighted by molar-refractivity contribution is 8.13. The molecule has 6 N–H and O–H groups in total. The third-order valence-electron chi connectivity index (χ3n) is 17.4. The number of amidine groups is 1. The van der Waals surface area contributed by atoms with Gasteiger partial charge in [-0.15, -0.1) is 0 Å². The lowest BCUT2D eigenvalue weighted by atomic mass is 9.92. The smallest absolute Gasteiger partial charge is 0.319 e. The Bertz CT molecular complexity index is 3640. The maximum atomic E-state index is 15.3. The summed E-state index contributed by atoms with van der Waals surface area (Å²) in [5.41, 5.74) is 15.8. The summed E-state index contributed by atoms with van der Waals surface area (Å²) in [5.74, 6) is 0.442. The number of fused-ring (bicyclic) bond motifs is 3. The number of rotatable bonds is 20. The van der Waals surface area contributed by atoms with Gasteiger partial charge in [-0.05, 0) is 135 Å². The molecule has 4 unspecified atom stereocenters. The van der Waals surface area contributed by atoms with E-state index in [4.69, 9.17) is 40.4 Å². The van der Waals surface area contributed by atoms with Crippen LogP contribution in [0.2, 0.25) is 0 Å². The quantitative estimate of drug-likeness (QED) is 0.0271. The van der Waals surface area contributed by atoms with Crippen molar-refractivity contribution in [3.63, 3.8) is 0 Å². The van der Waals surface area contributed by atoms with Crippen molar-refractivity contribution in [2.24, 2.45) is 16.6 Å². The summed E-state index contributed by atoms with van der Waals surface area (Å²) in [5, 5.41) is 27.4. The molecule has 2 saturated carbocycles. The van der Waals surface area contributed by atoms with Crippen molar-refractivity contribution in [2.45, 2.75) is 141 Å². The number of aryl methyl sites for hydroxylation is 1. The maximum absolute atomic E-state index is 15.3. The lowest BCUT2D eigenvalue weighted by Gasteiger charge is -2.31. The van der Waals surface area contributed by atoms with Crippen molar-refractivity contribution < 1.29 is 33.4 Å². The Labute approximate surface area is 505 Å². The minimum absolute atomic E-state index is 0.00912. The Balaban J connectivity index is 0.00000380. The summed E-state index contributed by atoms with van der Waals surface area (Å²) in [6.07, 6.45) is 15.5. The highest BCUT2D eigenvalue weighted by Gasteiger charge is 2.42. The second-order valence-corrected chi connectivity index (χ2v) is 24.1. The normalized spacial score (nSPS) is 19.0. The zero-order valence-corrected chi connectivity index (χ0v) is 50.7. The Morgan fingerprint density at radius 3 is 2.43 bits per heavy atom. The zero-order valence-electron chi connectivity index (χ0n) is 49.9. The van der Waals surface area contributed by atoms with Gasteiger partial charge in [0.15, 0.2) is 17.2 Å². The van der Waals surface area contributed by atoms with Crippen LogP contribution in [-0.2, 0) is 29.3 Å². The van der Waals surface area contributed by atoms with Crippen molar-refractivity contribution in [2.75, 3.05) is 50.3 Å². The number of thioether (sulfide) groups is 1. The Kier molecular flexibility index (Phi) is 18.4. The number of benzene rings is 4. The third kappa shape index (κ3) is 12.4. The number of nitrogens with one attached hydrogen (secondary N) is 3. The molecule has 3 saturated heterocycles. The van der Waals surface area contributed by atoms with E-state index in [9.17, 15) is 14.4 Å². The molecule has 452 valence electrons. The molecule has 0 spiro atoms. The molecule has 7 aromatic rings. The number of halogens is 1. The molecule has 4 atom stereocenters. The van der Waals surface area contributed by atoms with E-state index in [1.807, 2.05) is 80.4 Å². The van der Waals surface area contributed by atoms with Gasteiger partial charge in [-0.2, -0.15) is 20.2 Å². The number of aliphatic hydroxyl groups is 1. The van der Waals surface area contributed by atoms with Gasteiger partial charge in [0.05, 0.1) is 11.4 Å². The predicted octanol–water partition coefficient (Wildman–Crippen LogP) is 10.2. The molecule has 86 heavy (non-hydrogen) atoms. The van der Waals surface area contributed by atoms with Gasteiger partial charge in [0.1, 0.15) is 47.6 Å². The van der Waals surface area contributed by atoms with Crippen LogP contribution in [0, 0.1) is 11.7 Å². The van der Waals surface area contributed by atoms with E-state index in [0.717, 1.165) is 116 Å². The molecule has 21 heteroatoms. The van der Waals surface area contributed by atoms with Crippen molar-refractivity contribution >= 4 is 63.1 Å². The largest absolute Gasteiger partial charge is 0.486 e. The van der Waals surface area contributed by atoms with E-state index in [2.05, 4.69) is 38.9 Å². The number of piperazine rings is 1. The highest BCUT2D eigenvalue weighted by Crippen LogP contribution is 2.53. The average molecular weight is 1190 g/mol. The molecule has 3 aliphatic heterocycles. The summed E-state index contributed by atoms with van der Waals surface area (Å²) in [7, 11) is 2.82. The van der Waals surface area contributed by atoms with Crippen LogP contribution < -0.4 is 36.1 Å². The number of ether oxygens (including phenoxy) is 2. The number of carbonyl (C=O) groups is 3. The summed E-state index contributed by atoms with van der Waals surface area (Å²) in [4.78, 5) is 61.1. The number of aliphatic imine (C=N–C) groups is 1. The van der Waals surface area contributed by atoms with Gasteiger partial charge in [0.2, 0.25) is 11.8 Å². The van der Waals surface area contributed by atoms with E-state index in [0.29, 0.717) is 88.8 Å². The van der Waals surface area contributed by atoms with Crippen LogP contribution in [0.5, 0.6) is 11.8 Å². The minimum atomic E-state index is -0.796. The first-order chi connectivity index (χ1) is 41.9. The van der Waals surface area contributed by atoms with Crippen LogP contribution in [-0.4, -0.2) is 127 Å². The van der Waals surface area contributed by atoms with E-state index < -0.39 is 17.9 Å². The van der Waals surface area contributed by atoms with Crippen LogP contribution in [0.15, 0.2) is 90.2 Å². The molecule has 19 nitrogen and oxygen atoms in total. The molecule has 2 bridgehead atoms. The molecule has 5 fully saturated rings. The number of aromatic nitrogens is 6. The average Bonchev–Trinajstić information content (AvgIpc) is 1.41. The number of aldehydes is 1. The monoisotopic (exact) mass is 1190 g/mol. The number of anilines is 2. The molecule has 0 radical (unpaired) electrons. The lowest BCUT2D eigenvalue weighted by molar-refractivity contribution is -0.142. The number of likely N-dealkylation sites (tertiary alicyclic amines) is 1. The molecule has 12 rings (SSSR count). The number of carbonyl (C=O) groups excluding carboxylic acids is 3. The van der Waals surface area contributed by atoms with Gasteiger partial charge in [-0.1, -0.05) is 68.4 Å². The third-order valence-corrected chi connectivity index (χ3v) is 17.9. The zero-order chi connectivity index (χ0) is 60.2. The van der Waals surface area contributed by atoms with Gasteiger partial charge in [0.25, 0.3) is 0 Å². The van der Waals surface area contributed by atoms with Crippen molar-refractivity contribution in [3.05, 3.63) is 113 Å². The highest BCUT2D eigenvalue weighted by atomic mass is 32.2. The van der Waals surface area contributed by atoms with Crippen LogP contribution in [0.3, 0.4) is 0 Å². The molecule has 4 aromatic carbocycles. The number of nitrogens with two attached hydrogens (primary N) is 1. The first-order valence-electron chi connectivity index (χ1n) is 30.3. The Hall–Kier alpha value is -7.88. The first-order valence-corrected chi connectivity index (χ1v) is 31.5. The molecule has 5 aliphatic rings. The van der Waals surface area contributed by atoms with E-state index in [-0.39, 0.29) is 48.1 Å². The number of hydrogen-bond donors (Lipinski definition) is 5. The lowest BCUT2D eigenvalue weighted by Crippen LogP contribution is -2.48. The molecular formula is C65H78FN13O6S. The number of hydrogen-bond acceptors (Lipinski definition) is 15. The second-order valence-electron chi connectivity index (χ2n) is 23.3. The van der Waals surface area contributed by atoms with Crippen LogP contribution in [0.1, 0.15) is 124 Å². The summed E-state index contributed by atoms with van der Waals surface area (Å²) >= 11 is 1.29. The van der Waals surface area contributed by atoms with Crippen molar-refractivity contribution in [1.82, 2.24) is 45.1 Å². The number of amides is 2. The minimum Gasteiger partial charge on any atom is -0.486 e. The van der Waals surface area contributed by atoms with Crippen LogP contribution in [0.4, 0.5) is 21.6 Å². The summed E-state index contributed by atoms with van der Waals surface area (Å²) < 4.78 is 32.8. The van der Waals surface area contributed by atoms with Crippen molar-refractivity contribution in [3.8, 4) is 45.3 Å². The second kappa shape index (κ2) is 26.4. The first kappa shape index (κ1) is 59.8. The van der Waals surface area contributed by atoms with Crippen LogP contribution >= 0.6 is 11.8 Å². The fourth-order valence-corrected chi connectivity index (χ4v) is 13.2. The Morgan fingerprint density at radius 1 is 0.953 bits per heavy atom. The number of aliphatic hydroxyl groups excluding tert-OH is 1. The van der Waals surface area contributed by atoms with Crippen molar-refractivity contribution in [1.29, 1.82) is 0 Å². The molecule has 2 amide bonds. The van der Waals surface area contributed by atoms with Crippen LogP contribution in [0.25, 0.3) is 44.4 Å². The van der Waals surface area contributed by atoms with Gasteiger partial charge in [0, 0.05) is 111 Å². The summed E-state index contributed by atoms with van der Waals surface area (Å²) in [6.45, 7) is 9.23. The Morgan fingerprint density at radius 2 is 1.73 bits per heavy atom. The fourth-order valence-electron chi connectivity index (χ4n) is 13.0. The van der Waals surface area contributed by atoms with Gasteiger partial charge < -0.3 is 46.1 Å². The predicted molar refractivity (Wildman–Crippen MR) is 336 cm³/mol. The molecular weight excluding hydrogens is 1110 g/mol. The number of nitrogens with zero attached hydrogens (tertiary/aromatic N) is 9. The van der Waals surface area contributed by atoms with E-state index in [1.165, 1.54) is 30.3 Å². The van der Waals surface area contributed by atoms with E-state index >= 15 is 4.39 Å². The molecule has 6 heterocycles. The SMILES string of the molecule is CCn1nccc1-c1ccc(CNC(=O)C2CCCN2C(=O)C(C(C)C)n2cc(-c3ccc(COc4c(-c5ccc(F)cc5N=C(N)SC)c(C5CC5)cc5c(N6CC7CC6CN7)nc(OC6CCCCC6)nc45)cc3NC)c(C=O)n2)cc1.CO. The molecule has 3 aromatic heterocycles. The van der Waals surface area contributed by atoms with Gasteiger partial charge in [-0.3, -0.25) is 23.7 Å². The van der Waals surface area contributed by atoms with Gasteiger partial charge in [-0.25, -0.2) is 9.38 Å². The maximum Gasteiger partial charge on any atom is 0.319 e. The van der Waals surface area contributed by atoms with Gasteiger partial charge >= 0.3 is 6.01 Å². The molecule has 2 aliphatic carbocycles. The standard InChI is InChI=1S/C64H74FN13O5S.CH4O/c1-6-77-54(24-25-70-77)41-17-14-38(15-18-41)31-69-61(80)55-13-10-26-75(55)62(81)58(37(2)3)78-34-50(53(35-79)74-78)46-22-16-39(27-51(46)67-4)36-82-59-56(47-23-21-42(65)28-52(47)71-63(66)84-5)48(40-19-20-40)30-49-57(59)72-64(83-45-11-8-7-9-12-45)73-60(49)76-33-43-29-44(76)32-68-43;1-2/h14-18,21-25,27-28,30,34-35,37,40,43-45,55,58,67-68H,6-13,19-20,26,29,31-33,36H2,1-5H3,(H2,66,71)(H,69,80);2H,1H3. The fraction of sp³-hybridized carbons (Fsp3) is 0.446. The topological polar surface area (TPSA) is 232 Å². The summed E-state index contributed by atoms with van der Waals surface area (Å²) in [6, 6.07) is 22.3. The van der Waals surface area contributed by atoms with E-state index in [1.54, 1.807) is 28.0 Å².